The molecular formula is C15H19N3O. The summed E-state index contributed by atoms with van der Waals surface area (Å²) >= 11 is 0. The molecule has 2 N–H and O–H groups in total. The summed E-state index contributed by atoms with van der Waals surface area (Å²) in [4.78, 5) is 0. The molecule has 0 aliphatic carbocycles. The molecule has 0 saturated heterocycles. The van der Waals surface area contributed by atoms with E-state index in [1.54, 1.807) is 0 Å². The first-order chi connectivity index (χ1) is 9.33. The number of aromatic nitrogens is 2. The Morgan fingerprint density at radius 2 is 1.84 bits per heavy atom. The summed E-state index contributed by atoms with van der Waals surface area (Å²) in [6.45, 7) is 3.43. The van der Waals surface area contributed by atoms with Crippen LogP contribution in [0.25, 0.3) is 11.3 Å². The summed E-state index contributed by atoms with van der Waals surface area (Å²) in [5.41, 5.74) is 8.31. The van der Waals surface area contributed by atoms with Crippen molar-refractivity contribution in [2.75, 3.05) is 13.2 Å². The molecule has 100 valence electrons. The van der Waals surface area contributed by atoms with Crippen LogP contribution in [0.15, 0.2) is 36.4 Å². The minimum atomic E-state index is 0.595. The average Bonchev–Trinajstić information content (AvgIpc) is 2.47. The van der Waals surface area contributed by atoms with Crippen molar-refractivity contribution in [3.05, 3.63) is 42.1 Å². The number of nitrogens with zero attached hydrogens (tertiary/aromatic N) is 2. The zero-order valence-electron chi connectivity index (χ0n) is 11.2. The van der Waals surface area contributed by atoms with Crippen molar-refractivity contribution in [1.82, 2.24) is 10.2 Å². The van der Waals surface area contributed by atoms with Crippen LogP contribution in [0.3, 0.4) is 0 Å². The molecule has 4 heteroatoms. The fourth-order valence-electron chi connectivity index (χ4n) is 1.74. The van der Waals surface area contributed by atoms with E-state index in [0.29, 0.717) is 6.54 Å². The fourth-order valence-corrected chi connectivity index (χ4v) is 1.74. The number of nitrogens with two attached hydrogens (primary N) is 1. The predicted molar refractivity (Wildman–Crippen MR) is 76.0 cm³/mol. The Kier molecular flexibility index (Phi) is 4.86. The van der Waals surface area contributed by atoms with Crippen molar-refractivity contribution in [2.24, 2.45) is 5.73 Å². The van der Waals surface area contributed by atoms with Gasteiger partial charge in [-0.3, -0.25) is 0 Å². The molecule has 1 aromatic heterocycles. The van der Waals surface area contributed by atoms with Gasteiger partial charge in [-0.05, 0) is 49.4 Å². The van der Waals surface area contributed by atoms with Gasteiger partial charge in [0.2, 0.25) is 0 Å². The SMILES string of the molecule is CCCOc1ccc(-c2ccc(CCN)nn2)cc1. The number of hydrogen-bond donors (Lipinski definition) is 1. The minimum absolute atomic E-state index is 0.595. The largest absolute Gasteiger partial charge is 0.494 e. The minimum Gasteiger partial charge on any atom is -0.494 e. The predicted octanol–water partition coefficient (Wildman–Crippen LogP) is 2.43. The van der Waals surface area contributed by atoms with Crippen molar-refractivity contribution < 1.29 is 4.74 Å². The molecule has 0 aliphatic rings. The second-order valence-corrected chi connectivity index (χ2v) is 4.32. The smallest absolute Gasteiger partial charge is 0.119 e. The van der Waals surface area contributed by atoms with Crippen LogP contribution in [0.2, 0.25) is 0 Å². The third-order valence-corrected chi connectivity index (χ3v) is 2.74. The second-order valence-electron chi connectivity index (χ2n) is 4.32. The third kappa shape index (κ3) is 3.76. The Morgan fingerprint density at radius 1 is 1.05 bits per heavy atom. The summed E-state index contributed by atoms with van der Waals surface area (Å²) < 4.78 is 5.55. The summed E-state index contributed by atoms with van der Waals surface area (Å²) in [5.74, 6) is 0.887. The van der Waals surface area contributed by atoms with Crippen LogP contribution in [0, 0.1) is 0 Å². The van der Waals surface area contributed by atoms with E-state index < -0.39 is 0 Å². The molecule has 0 spiro atoms. The molecule has 0 unspecified atom stereocenters. The van der Waals surface area contributed by atoms with Gasteiger partial charge < -0.3 is 10.5 Å². The third-order valence-electron chi connectivity index (χ3n) is 2.74. The zero-order valence-corrected chi connectivity index (χ0v) is 11.2. The molecule has 2 aromatic rings. The average molecular weight is 257 g/mol. The fraction of sp³-hybridized carbons (Fsp3) is 0.333. The van der Waals surface area contributed by atoms with Gasteiger partial charge in [0.05, 0.1) is 18.0 Å². The molecule has 19 heavy (non-hydrogen) atoms. The zero-order chi connectivity index (χ0) is 13.5. The Hall–Kier alpha value is -1.94. The van der Waals surface area contributed by atoms with Crippen molar-refractivity contribution in [1.29, 1.82) is 0 Å². The van der Waals surface area contributed by atoms with Crippen LogP contribution >= 0.6 is 0 Å². The van der Waals surface area contributed by atoms with Crippen molar-refractivity contribution in [3.63, 3.8) is 0 Å². The van der Waals surface area contributed by atoms with Crippen molar-refractivity contribution in [2.45, 2.75) is 19.8 Å². The lowest BCUT2D eigenvalue weighted by Crippen LogP contribution is -2.05. The van der Waals surface area contributed by atoms with E-state index in [9.17, 15) is 0 Å². The number of ether oxygens (including phenoxy) is 1. The van der Waals surface area contributed by atoms with Gasteiger partial charge in [-0.25, -0.2) is 0 Å². The van der Waals surface area contributed by atoms with Crippen LogP contribution in [-0.4, -0.2) is 23.3 Å². The molecule has 0 atom stereocenters. The molecule has 1 aromatic carbocycles. The highest BCUT2D eigenvalue weighted by Crippen LogP contribution is 2.20. The van der Waals surface area contributed by atoms with Crippen LogP contribution in [-0.2, 0) is 6.42 Å². The Labute approximate surface area is 113 Å². The highest BCUT2D eigenvalue weighted by Gasteiger charge is 2.01. The lowest BCUT2D eigenvalue weighted by Gasteiger charge is -2.05. The van der Waals surface area contributed by atoms with Crippen molar-refractivity contribution >= 4 is 0 Å². The van der Waals surface area contributed by atoms with Crippen molar-refractivity contribution in [3.8, 4) is 17.0 Å². The lowest BCUT2D eigenvalue weighted by atomic mass is 10.1. The molecule has 1 heterocycles. The molecular weight excluding hydrogens is 238 g/mol. The van der Waals surface area contributed by atoms with Crippen LogP contribution in [0.5, 0.6) is 5.75 Å². The van der Waals surface area contributed by atoms with E-state index in [4.69, 9.17) is 10.5 Å². The van der Waals surface area contributed by atoms with Gasteiger partial charge in [0.1, 0.15) is 5.75 Å². The highest BCUT2D eigenvalue weighted by molar-refractivity contribution is 5.59. The van der Waals surface area contributed by atoms with E-state index in [2.05, 4.69) is 17.1 Å². The van der Waals surface area contributed by atoms with Crippen LogP contribution in [0.4, 0.5) is 0 Å². The highest BCUT2D eigenvalue weighted by atomic mass is 16.5. The van der Waals surface area contributed by atoms with E-state index in [0.717, 1.165) is 42.1 Å². The first-order valence-electron chi connectivity index (χ1n) is 6.59. The summed E-state index contributed by atoms with van der Waals surface area (Å²) in [7, 11) is 0. The van der Waals surface area contributed by atoms with E-state index >= 15 is 0 Å². The Bertz CT molecular complexity index is 494. The number of benzene rings is 1. The van der Waals surface area contributed by atoms with Gasteiger partial charge in [0.15, 0.2) is 0 Å². The monoisotopic (exact) mass is 257 g/mol. The van der Waals surface area contributed by atoms with Gasteiger partial charge in [-0.2, -0.15) is 10.2 Å². The van der Waals surface area contributed by atoms with E-state index in [1.807, 2.05) is 36.4 Å². The quantitative estimate of drug-likeness (QED) is 0.863. The molecule has 0 amide bonds. The van der Waals surface area contributed by atoms with Gasteiger partial charge >= 0.3 is 0 Å². The molecule has 4 nitrogen and oxygen atoms in total. The van der Waals surface area contributed by atoms with Gasteiger partial charge in [0, 0.05) is 12.0 Å². The van der Waals surface area contributed by atoms with E-state index in [-0.39, 0.29) is 0 Å². The van der Waals surface area contributed by atoms with Gasteiger partial charge in [-0.1, -0.05) is 6.92 Å². The van der Waals surface area contributed by atoms with Crippen LogP contribution in [0.1, 0.15) is 19.0 Å². The molecule has 0 bridgehead atoms. The normalized spacial score (nSPS) is 10.4. The maximum Gasteiger partial charge on any atom is 0.119 e. The van der Waals surface area contributed by atoms with Gasteiger partial charge in [0.25, 0.3) is 0 Å². The standard InChI is InChI=1S/C15H19N3O/c1-2-11-19-14-6-3-12(4-7-14)15-8-5-13(9-10-16)17-18-15/h3-8H,2,9-11,16H2,1H3. The summed E-state index contributed by atoms with van der Waals surface area (Å²) in [6, 6.07) is 11.9. The Balaban J connectivity index is 2.08. The Morgan fingerprint density at radius 3 is 2.42 bits per heavy atom. The molecule has 0 fully saturated rings. The molecule has 0 saturated carbocycles. The maximum absolute atomic E-state index is 5.55. The number of rotatable bonds is 6. The molecule has 0 aliphatic heterocycles. The summed E-state index contributed by atoms with van der Waals surface area (Å²) in [6.07, 6.45) is 1.77. The maximum atomic E-state index is 5.55. The first-order valence-corrected chi connectivity index (χ1v) is 6.59. The topological polar surface area (TPSA) is 61.0 Å². The van der Waals surface area contributed by atoms with E-state index in [1.165, 1.54) is 0 Å². The van der Waals surface area contributed by atoms with Gasteiger partial charge in [-0.15, -0.1) is 0 Å². The number of hydrogen-bond acceptors (Lipinski definition) is 4. The second kappa shape index (κ2) is 6.85. The summed E-state index contributed by atoms with van der Waals surface area (Å²) in [5, 5.41) is 8.37. The first kappa shape index (κ1) is 13.5. The lowest BCUT2D eigenvalue weighted by molar-refractivity contribution is 0.317. The van der Waals surface area contributed by atoms with Crippen LogP contribution < -0.4 is 10.5 Å². The molecule has 0 radical (unpaired) electrons. The molecule has 2 rings (SSSR count).